The van der Waals surface area contributed by atoms with Gasteiger partial charge >= 0.3 is 0 Å². The van der Waals surface area contributed by atoms with Crippen LogP contribution in [-0.2, 0) is 6.42 Å². The van der Waals surface area contributed by atoms with E-state index in [9.17, 15) is 4.79 Å². The van der Waals surface area contributed by atoms with Gasteiger partial charge in [0.2, 0.25) is 0 Å². The summed E-state index contributed by atoms with van der Waals surface area (Å²) in [6.45, 7) is 3.93. The van der Waals surface area contributed by atoms with Crippen molar-refractivity contribution in [2.75, 3.05) is 0 Å². The number of carbonyl (C=O) groups is 1. The van der Waals surface area contributed by atoms with Gasteiger partial charge < -0.3 is 10.3 Å². The first-order valence-electron chi connectivity index (χ1n) is 4.27. The average molecular weight is 243 g/mol. The highest BCUT2D eigenvalue weighted by Crippen LogP contribution is 2.27. The summed E-state index contributed by atoms with van der Waals surface area (Å²) in [6, 6.07) is 0.228. The smallest absolute Gasteiger partial charge is 0.253 e. The SMILES string of the molecule is Cc1[nH]c(Br)c2c1C(=O)N[C@H](C)C2. The highest BCUT2D eigenvalue weighted by molar-refractivity contribution is 9.10. The lowest BCUT2D eigenvalue weighted by Crippen LogP contribution is -2.39. The van der Waals surface area contributed by atoms with E-state index in [0.717, 1.165) is 27.8 Å². The number of nitrogens with one attached hydrogen (secondary N) is 2. The molecule has 0 aromatic carbocycles. The summed E-state index contributed by atoms with van der Waals surface area (Å²) in [7, 11) is 0. The van der Waals surface area contributed by atoms with Crippen molar-refractivity contribution in [3.05, 3.63) is 21.4 Å². The second kappa shape index (κ2) is 2.87. The number of hydrogen-bond donors (Lipinski definition) is 2. The molecule has 2 heterocycles. The maximum Gasteiger partial charge on any atom is 0.253 e. The Labute approximate surface area is 85.0 Å². The third-order valence-electron chi connectivity index (χ3n) is 2.35. The molecule has 4 heteroatoms. The maximum atomic E-state index is 11.6. The lowest BCUT2D eigenvalue weighted by Gasteiger charge is -2.20. The molecule has 0 unspecified atom stereocenters. The van der Waals surface area contributed by atoms with Gasteiger partial charge in [-0.2, -0.15) is 0 Å². The number of H-pyrrole nitrogens is 1. The predicted molar refractivity (Wildman–Crippen MR) is 53.9 cm³/mol. The highest BCUT2D eigenvalue weighted by Gasteiger charge is 2.26. The molecule has 0 saturated carbocycles. The van der Waals surface area contributed by atoms with Crippen LogP contribution < -0.4 is 5.32 Å². The summed E-state index contributed by atoms with van der Waals surface area (Å²) in [4.78, 5) is 14.7. The zero-order valence-corrected chi connectivity index (χ0v) is 9.16. The number of aryl methyl sites for hydroxylation is 1. The summed E-state index contributed by atoms with van der Waals surface area (Å²) >= 11 is 3.42. The van der Waals surface area contributed by atoms with E-state index in [-0.39, 0.29) is 11.9 Å². The fourth-order valence-electron chi connectivity index (χ4n) is 1.79. The molecule has 1 aromatic rings. The summed E-state index contributed by atoms with van der Waals surface area (Å²) < 4.78 is 0.946. The van der Waals surface area contributed by atoms with Crippen LogP contribution in [0.25, 0.3) is 0 Å². The lowest BCUT2D eigenvalue weighted by molar-refractivity contribution is 0.0929. The Morgan fingerprint density at radius 1 is 1.54 bits per heavy atom. The van der Waals surface area contributed by atoms with Crippen molar-refractivity contribution >= 4 is 21.8 Å². The Bertz CT molecular complexity index is 370. The molecule has 0 spiro atoms. The van der Waals surface area contributed by atoms with Crippen LogP contribution in [0, 0.1) is 6.92 Å². The van der Waals surface area contributed by atoms with E-state index in [1.165, 1.54) is 0 Å². The van der Waals surface area contributed by atoms with Crippen LogP contribution in [0.15, 0.2) is 4.60 Å². The van der Waals surface area contributed by atoms with E-state index >= 15 is 0 Å². The molecular weight excluding hydrogens is 232 g/mol. The molecular formula is C9H11BrN2O. The summed E-state index contributed by atoms with van der Waals surface area (Å²) in [5.41, 5.74) is 2.85. The van der Waals surface area contributed by atoms with Gasteiger partial charge in [0.1, 0.15) is 0 Å². The molecule has 13 heavy (non-hydrogen) atoms. The molecule has 0 fully saturated rings. The van der Waals surface area contributed by atoms with Crippen LogP contribution in [0.4, 0.5) is 0 Å². The van der Waals surface area contributed by atoms with Crippen molar-refractivity contribution in [1.29, 1.82) is 0 Å². The average Bonchev–Trinajstić information content (AvgIpc) is 2.27. The zero-order valence-electron chi connectivity index (χ0n) is 7.57. The summed E-state index contributed by atoms with van der Waals surface area (Å²) in [5.74, 6) is 0.0354. The van der Waals surface area contributed by atoms with E-state index in [0.29, 0.717) is 0 Å². The van der Waals surface area contributed by atoms with Gasteiger partial charge in [-0.25, -0.2) is 0 Å². The summed E-state index contributed by atoms with van der Waals surface area (Å²) in [6.07, 6.45) is 0.895. The van der Waals surface area contributed by atoms with Gasteiger partial charge in [0.15, 0.2) is 0 Å². The van der Waals surface area contributed by atoms with E-state index < -0.39 is 0 Å². The van der Waals surface area contributed by atoms with E-state index in [1.54, 1.807) is 0 Å². The van der Waals surface area contributed by atoms with Crippen molar-refractivity contribution < 1.29 is 4.79 Å². The van der Waals surface area contributed by atoms with Crippen molar-refractivity contribution in [2.24, 2.45) is 0 Å². The monoisotopic (exact) mass is 242 g/mol. The van der Waals surface area contributed by atoms with Crippen LogP contribution in [0.3, 0.4) is 0 Å². The van der Waals surface area contributed by atoms with E-state index in [1.807, 2.05) is 13.8 Å². The molecule has 1 amide bonds. The molecule has 0 saturated heterocycles. The number of carbonyl (C=O) groups excluding carboxylic acids is 1. The maximum absolute atomic E-state index is 11.6. The van der Waals surface area contributed by atoms with Gasteiger partial charge in [0.05, 0.1) is 10.2 Å². The molecule has 1 aliphatic heterocycles. The Balaban J connectivity index is 2.57. The van der Waals surface area contributed by atoms with Gasteiger partial charge in [-0.05, 0) is 41.8 Å². The molecule has 1 aromatic heterocycles. The Morgan fingerprint density at radius 3 is 2.92 bits per heavy atom. The van der Waals surface area contributed by atoms with Crippen LogP contribution in [-0.4, -0.2) is 16.9 Å². The molecule has 3 nitrogen and oxygen atoms in total. The predicted octanol–water partition coefficient (Wildman–Crippen LogP) is 1.76. The fraction of sp³-hybridized carbons (Fsp3) is 0.444. The number of aromatic amines is 1. The van der Waals surface area contributed by atoms with Crippen LogP contribution in [0.2, 0.25) is 0 Å². The van der Waals surface area contributed by atoms with Crippen molar-refractivity contribution in [1.82, 2.24) is 10.3 Å². The molecule has 70 valence electrons. The topological polar surface area (TPSA) is 44.9 Å². The first-order chi connectivity index (χ1) is 6.09. The first kappa shape index (κ1) is 8.81. The Morgan fingerprint density at radius 2 is 2.23 bits per heavy atom. The highest BCUT2D eigenvalue weighted by atomic mass is 79.9. The van der Waals surface area contributed by atoms with Gasteiger partial charge in [-0.15, -0.1) is 0 Å². The second-order valence-corrected chi connectivity index (χ2v) is 4.29. The molecule has 1 aliphatic rings. The second-order valence-electron chi connectivity index (χ2n) is 3.50. The number of fused-ring (bicyclic) bond motifs is 1. The normalized spacial score (nSPS) is 21.2. The largest absolute Gasteiger partial charge is 0.352 e. The number of rotatable bonds is 0. The standard InChI is InChI=1S/C9H11BrN2O/c1-4-3-6-7(9(13)11-4)5(2)12-8(6)10/h4,12H,3H2,1-2H3,(H,11,13)/t4-/m1/s1. The van der Waals surface area contributed by atoms with Gasteiger partial charge in [-0.1, -0.05) is 0 Å². The van der Waals surface area contributed by atoms with Crippen molar-refractivity contribution in [3.63, 3.8) is 0 Å². The minimum absolute atomic E-state index is 0.0354. The number of aromatic nitrogens is 1. The number of hydrogen-bond acceptors (Lipinski definition) is 1. The van der Waals surface area contributed by atoms with E-state index in [4.69, 9.17) is 0 Å². The van der Waals surface area contributed by atoms with E-state index in [2.05, 4.69) is 26.2 Å². The van der Waals surface area contributed by atoms with Crippen LogP contribution in [0.1, 0.15) is 28.5 Å². The zero-order chi connectivity index (χ0) is 9.59. The fourth-order valence-corrected chi connectivity index (χ4v) is 2.45. The molecule has 0 aliphatic carbocycles. The number of halogens is 1. The number of amides is 1. The molecule has 1 atom stereocenters. The van der Waals surface area contributed by atoms with Crippen molar-refractivity contribution in [2.45, 2.75) is 26.3 Å². The Hall–Kier alpha value is -0.770. The first-order valence-corrected chi connectivity index (χ1v) is 5.06. The molecule has 0 bridgehead atoms. The molecule has 2 rings (SSSR count). The van der Waals surface area contributed by atoms with Gasteiger partial charge in [0, 0.05) is 11.7 Å². The van der Waals surface area contributed by atoms with Gasteiger partial charge in [0.25, 0.3) is 5.91 Å². The Kier molecular flexibility index (Phi) is 1.95. The minimum Gasteiger partial charge on any atom is -0.352 e. The third kappa shape index (κ3) is 1.29. The van der Waals surface area contributed by atoms with Gasteiger partial charge in [-0.3, -0.25) is 4.79 Å². The van der Waals surface area contributed by atoms with Crippen LogP contribution in [0.5, 0.6) is 0 Å². The third-order valence-corrected chi connectivity index (χ3v) is 3.03. The lowest BCUT2D eigenvalue weighted by atomic mass is 9.99. The molecule has 2 N–H and O–H groups in total. The quantitative estimate of drug-likeness (QED) is 0.716. The van der Waals surface area contributed by atoms with Crippen molar-refractivity contribution in [3.8, 4) is 0 Å². The molecule has 0 radical (unpaired) electrons. The van der Waals surface area contributed by atoms with Crippen LogP contribution >= 0.6 is 15.9 Å². The minimum atomic E-state index is 0.0354. The summed E-state index contributed by atoms with van der Waals surface area (Å²) in [5, 5.41) is 2.91.